The molecule has 2 heterocycles. The topological polar surface area (TPSA) is 54.2 Å². The van der Waals surface area contributed by atoms with Gasteiger partial charge < -0.3 is 10.6 Å². The monoisotopic (exact) mass is 305 g/mol. The summed E-state index contributed by atoms with van der Waals surface area (Å²) in [6.07, 6.45) is 0. The molecule has 0 unspecified atom stereocenters. The van der Waals surface area contributed by atoms with Crippen molar-refractivity contribution < 1.29 is 0 Å². The SMILES string of the molecule is Cc1nn(C)c(NC2=NCCN2)c1I. The average Bonchev–Trinajstić information content (AvgIpc) is 2.71. The first-order valence-corrected chi connectivity index (χ1v) is 5.51. The summed E-state index contributed by atoms with van der Waals surface area (Å²) in [6, 6.07) is 0. The number of anilines is 1. The zero-order valence-corrected chi connectivity index (χ0v) is 10.3. The molecule has 14 heavy (non-hydrogen) atoms. The maximum absolute atomic E-state index is 4.32. The van der Waals surface area contributed by atoms with Crippen LogP contribution in [0, 0.1) is 10.5 Å². The Balaban J connectivity index is 2.23. The highest BCUT2D eigenvalue weighted by molar-refractivity contribution is 14.1. The number of aryl methyl sites for hydroxylation is 2. The van der Waals surface area contributed by atoms with Crippen LogP contribution < -0.4 is 10.6 Å². The maximum Gasteiger partial charge on any atom is 0.197 e. The van der Waals surface area contributed by atoms with Crippen molar-refractivity contribution in [1.82, 2.24) is 15.1 Å². The van der Waals surface area contributed by atoms with Crippen LogP contribution in [0.4, 0.5) is 5.82 Å². The first-order valence-electron chi connectivity index (χ1n) is 4.43. The second-order valence-corrected chi connectivity index (χ2v) is 4.23. The van der Waals surface area contributed by atoms with Crippen molar-refractivity contribution in [1.29, 1.82) is 0 Å². The Morgan fingerprint density at radius 2 is 2.36 bits per heavy atom. The number of guanidine groups is 1. The van der Waals surface area contributed by atoms with E-state index in [1.165, 1.54) is 0 Å². The van der Waals surface area contributed by atoms with Crippen LogP contribution in [0.2, 0.25) is 0 Å². The van der Waals surface area contributed by atoms with Crippen LogP contribution in [0.25, 0.3) is 0 Å². The van der Waals surface area contributed by atoms with E-state index in [2.05, 4.69) is 43.3 Å². The fourth-order valence-electron chi connectivity index (χ4n) is 1.36. The molecular weight excluding hydrogens is 293 g/mol. The van der Waals surface area contributed by atoms with E-state index in [0.717, 1.165) is 34.1 Å². The Kier molecular flexibility index (Phi) is 2.62. The van der Waals surface area contributed by atoms with Gasteiger partial charge in [0.1, 0.15) is 5.82 Å². The van der Waals surface area contributed by atoms with Gasteiger partial charge in [-0.2, -0.15) is 5.10 Å². The van der Waals surface area contributed by atoms with Crippen molar-refractivity contribution >= 4 is 34.4 Å². The zero-order chi connectivity index (χ0) is 10.1. The van der Waals surface area contributed by atoms with Crippen LogP contribution in [0.15, 0.2) is 4.99 Å². The molecule has 1 aromatic heterocycles. The standard InChI is InChI=1S/C8H12IN5/c1-5-6(9)7(14(2)13-5)12-8-10-3-4-11-8/h3-4H2,1-2H3,(H2,10,11,12). The third-order valence-electron chi connectivity index (χ3n) is 2.06. The molecule has 1 aromatic rings. The second kappa shape index (κ2) is 3.76. The quantitative estimate of drug-likeness (QED) is 0.751. The summed E-state index contributed by atoms with van der Waals surface area (Å²) in [5.41, 5.74) is 1.04. The molecule has 0 bridgehead atoms. The van der Waals surface area contributed by atoms with Gasteiger partial charge in [-0.25, -0.2) is 0 Å². The van der Waals surface area contributed by atoms with E-state index in [4.69, 9.17) is 0 Å². The van der Waals surface area contributed by atoms with Gasteiger partial charge in [0.05, 0.1) is 15.8 Å². The maximum atomic E-state index is 4.32. The first-order chi connectivity index (χ1) is 6.68. The van der Waals surface area contributed by atoms with Gasteiger partial charge >= 0.3 is 0 Å². The average molecular weight is 305 g/mol. The lowest BCUT2D eigenvalue weighted by Gasteiger charge is -2.06. The lowest BCUT2D eigenvalue weighted by molar-refractivity contribution is 0.765. The minimum absolute atomic E-state index is 0.839. The summed E-state index contributed by atoms with van der Waals surface area (Å²) < 4.78 is 2.97. The summed E-state index contributed by atoms with van der Waals surface area (Å²) in [6.45, 7) is 3.75. The Morgan fingerprint density at radius 3 is 2.86 bits per heavy atom. The van der Waals surface area contributed by atoms with E-state index in [0.29, 0.717) is 0 Å². The molecule has 2 rings (SSSR count). The summed E-state index contributed by atoms with van der Waals surface area (Å²) >= 11 is 2.28. The molecule has 6 heteroatoms. The van der Waals surface area contributed by atoms with Crippen LogP contribution in [0.3, 0.4) is 0 Å². The minimum Gasteiger partial charge on any atom is -0.354 e. The Morgan fingerprint density at radius 1 is 1.57 bits per heavy atom. The molecule has 1 aliphatic heterocycles. The summed E-state index contributed by atoms with van der Waals surface area (Å²) in [5, 5.41) is 10.7. The van der Waals surface area contributed by atoms with Crippen molar-refractivity contribution in [3.63, 3.8) is 0 Å². The zero-order valence-electron chi connectivity index (χ0n) is 8.13. The number of hydrogen-bond acceptors (Lipinski definition) is 4. The van der Waals surface area contributed by atoms with Crippen LogP contribution in [0.5, 0.6) is 0 Å². The summed E-state index contributed by atoms with van der Waals surface area (Å²) in [4.78, 5) is 4.27. The van der Waals surface area contributed by atoms with Gasteiger partial charge in [-0.05, 0) is 29.5 Å². The fraction of sp³-hybridized carbons (Fsp3) is 0.500. The highest BCUT2D eigenvalue weighted by Crippen LogP contribution is 2.20. The van der Waals surface area contributed by atoms with Gasteiger partial charge in [0.15, 0.2) is 5.96 Å². The number of hydrogen-bond donors (Lipinski definition) is 2. The first kappa shape index (κ1) is 9.75. The highest BCUT2D eigenvalue weighted by Gasteiger charge is 2.13. The molecule has 0 saturated heterocycles. The number of aromatic nitrogens is 2. The summed E-state index contributed by atoms with van der Waals surface area (Å²) in [5.74, 6) is 1.84. The molecule has 0 aromatic carbocycles. The third kappa shape index (κ3) is 1.70. The summed E-state index contributed by atoms with van der Waals surface area (Å²) in [7, 11) is 1.92. The van der Waals surface area contributed by atoms with Gasteiger partial charge in [0, 0.05) is 13.6 Å². The number of nitrogens with one attached hydrogen (secondary N) is 2. The van der Waals surface area contributed by atoms with Crippen LogP contribution in [-0.4, -0.2) is 28.8 Å². The van der Waals surface area contributed by atoms with E-state index in [-0.39, 0.29) is 0 Å². The minimum atomic E-state index is 0.839. The van der Waals surface area contributed by atoms with Crippen molar-refractivity contribution in [2.75, 3.05) is 18.4 Å². The molecular formula is C8H12IN5. The second-order valence-electron chi connectivity index (χ2n) is 3.15. The third-order valence-corrected chi connectivity index (χ3v) is 3.35. The van der Waals surface area contributed by atoms with Crippen molar-refractivity contribution in [2.24, 2.45) is 12.0 Å². The van der Waals surface area contributed by atoms with Gasteiger partial charge in [-0.1, -0.05) is 0 Å². The molecule has 0 atom stereocenters. The number of nitrogens with zero attached hydrogens (tertiary/aromatic N) is 3. The Hall–Kier alpha value is -0.790. The molecule has 1 aliphatic rings. The fourth-order valence-corrected chi connectivity index (χ4v) is 1.95. The molecule has 0 fully saturated rings. The van der Waals surface area contributed by atoms with E-state index < -0.39 is 0 Å². The molecule has 76 valence electrons. The van der Waals surface area contributed by atoms with Crippen molar-refractivity contribution in [3.05, 3.63) is 9.26 Å². The molecule has 0 aliphatic carbocycles. The lowest BCUT2D eigenvalue weighted by Crippen LogP contribution is -2.27. The van der Waals surface area contributed by atoms with Crippen LogP contribution >= 0.6 is 22.6 Å². The van der Waals surface area contributed by atoms with E-state index in [1.807, 2.05) is 18.7 Å². The van der Waals surface area contributed by atoms with E-state index in [9.17, 15) is 0 Å². The Bertz CT molecular complexity index is 381. The highest BCUT2D eigenvalue weighted by atomic mass is 127. The van der Waals surface area contributed by atoms with Gasteiger partial charge in [-0.3, -0.25) is 9.67 Å². The largest absolute Gasteiger partial charge is 0.354 e. The molecule has 2 N–H and O–H groups in total. The number of aliphatic imine (C=N–C) groups is 1. The van der Waals surface area contributed by atoms with Crippen LogP contribution in [-0.2, 0) is 7.05 Å². The normalized spacial score (nSPS) is 15.2. The molecule has 0 saturated carbocycles. The number of halogens is 1. The van der Waals surface area contributed by atoms with Crippen molar-refractivity contribution in [3.8, 4) is 0 Å². The molecule has 5 nitrogen and oxygen atoms in total. The van der Waals surface area contributed by atoms with Gasteiger partial charge in [-0.15, -0.1) is 0 Å². The predicted octanol–water partition coefficient (Wildman–Crippen LogP) is 0.704. The van der Waals surface area contributed by atoms with E-state index in [1.54, 1.807) is 0 Å². The smallest absolute Gasteiger partial charge is 0.197 e. The predicted molar refractivity (Wildman–Crippen MR) is 64.6 cm³/mol. The lowest BCUT2D eigenvalue weighted by atomic mass is 10.5. The van der Waals surface area contributed by atoms with Gasteiger partial charge in [0.25, 0.3) is 0 Å². The molecule has 0 radical (unpaired) electrons. The van der Waals surface area contributed by atoms with Gasteiger partial charge in [0.2, 0.25) is 0 Å². The molecule has 0 amide bonds. The number of rotatable bonds is 1. The van der Waals surface area contributed by atoms with Crippen molar-refractivity contribution in [2.45, 2.75) is 6.92 Å². The Labute approximate surface area is 96.1 Å². The van der Waals surface area contributed by atoms with E-state index >= 15 is 0 Å². The molecule has 0 spiro atoms. The van der Waals surface area contributed by atoms with Crippen LogP contribution in [0.1, 0.15) is 5.69 Å².